The molecule has 2 atom stereocenters. The molecule has 4 nitrogen and oxygen atoms in total. The van der Waals surface area contributed by atoms with Crippen molar-refractivity contribution >= 4 is 11.9 Å². The van der Waals surface area contributed by atoms with Crippen LogP contribution in [0.3, 0.4) is 0 Å². The van der Waals surface area contributed by atoms with E-state index in [1.807, 2.05) is 6.92 Å². The van der Waals surface area contributed by atoms with Gasteiger partial charge in [-0.25, -0.2) is 0 Å². The van der Waals surface area contributed by atoms with E-state index in [-0.39, 0.29) is 24.1 Å². The first kappa shape index (κ1) is 23.9. The van der Waals surface area contributed by atoms with Gasteiger partial charge in [-0.2, -0.15) is 0 Å². The van der Waals surface area contributed by atoms with E-state index >= 15 is 0 Å². The second-order valence-corrected chi connectivity index (χ2v) is 7.20. The second-order valence-electron chi connectivity index (χ2n) is 7.20. The summed E-state index contributed by atoms with van der Waals surface area (Å²) in [6.45, 7) is 7.14. The molecule has 0 aliphatic heterocycles. The van der Waals surface area contributed by atoms with Crippen molar-refractivity contribution in [2.45, 2.75) is 123 Å². The van der Waals surface area contributed by atoms with E-state index in [4.69, 9.17) is 9.47 Å². The quantitative estimate of drug-likeness (QED) is 0.253. The first-order chi connectivity index (χ1) is 12.0. The zero-order valence-corrected chi connectivity index (χ0v) is 17.0. The maximum atomic E-state index is 11.2. The third-order valence-electron chi connectivity index (χ3n) is 4.47. The van der Waals surface area contributed by atoms with Crippen molar-refractivity contribution in [3.63, 3.8) is 0 Å². The van der Waals surface area contributed by atoms with E-state index in [0.717, 1.165) is 38.5 Å². The Labute approximate surface area is 155 Å². The van der Waals surface area contributed by atoms with Crippen LogP contribution in [0.15, 0.2) is 0 Å². The lowest BCUT2D eigenvalue weighted by molar-refractivity contribution is -0.147. The van der Waals surface area contributed by atoms with Gasteiger partial charge >= 0.3 is 11.9 Å². The van der Waals surface area contributed by atoms with Crippen LogP contribution in [0.4, 0.5) is 0 Å². The molecule has 0 radical (unpaired) electrons. The van der Waals surface area contributed by atoms with Gasteiger partial charge in [0.25, 0.3) is 0 Å². The van der Waals surface area contributed by atoms with Crippen molar-refractivity contribution in [3.05, 3.63) is 0 Å². The molecule has 2 unspecified atom stereocenters. The Hall–Kier alpha value is -1.06. The highest BCUT2D eigenvalue weighted by molar-refractivity contribution is 5.66. The van der Waals surface area contributed by atoms with E-state index in [0.29, 0.717) is 0 Å². The van der Waals surface area contributed by atoms with Crippen LogP contribution in [0.25, 0.3) is 0 Å². The molecule has 0 aromatic carbocycles. The summed E-state index contributed by atoms with van der Waals surface area (Å²) in [6, 6.07) is 0. The van der Waals surface area contributed by atoms with Crippen LogP contribution in [-0.4, -0.2) is 24.1 Å². The molecular formula is C21H40O4. The van der Waals surface area contributed by atoms with Crippen LogP contribution < -0.4 is 0 Å². The minimum Gasteiger partial charge on any atom is -0.463 e. The molecule has 0 N–H and O–H groups in total. The molecule has 0 aromatic heterocycles. The van der Waals surface area contributed by atoms with Crippen molar-refractivity contribution in [3.8, 4) is 0 Å². The summed E-state index contributed by atoms with van der Waals surface area (Å²) >= 11 is 0. The molecule has 0 aliphatic rings. The average Bonchev–Trinajstić information content (AvgIpc) is 2.52. The van der Waals surface area contributed by atoms with Crippen molar-refractivity contribution < 1.29 is 19.1 Å². The zero-order chi connectivity index (χ0) is 18.9. The smallest absolute Gasteiger partial charge is 0.302 e. The summed E-state index contributed by atoms with van der Waals surface area (Å²) in [5.41, 5.74) is 0. The number of ether oxygens (including phenoxy) is 2. The average molecular weight is 357 g/mol. The topological polar surface area (TPSA) is 52.6 Å². The third-order valence-corrected chi connectivity index (χ3v) is 4.47. The molecular weight excluding hydrogens is 316 g/mol. The molecule has 0 aliphatic carbocycles. The Kier molecular flexibility index (Phi) is 15.7. The molecule has 0 heterocycles. The van der Waals surface area contributed by atoms with E-state index in [1.165, 1.54) is 58.8 Å². The summed E-state index contributed by atoms with van der Waals surface area (Å²) in [5, 5.41) is 0. The fraction of sp³-hybridized carbons (Fsp3) is 0.905. The van der Waals surface area contributed by atoms with Gasteiger partial charge in [-0.1, -0.05) is 51.9 Å². The number of carbonyl (C=O) groups excluding carboxylic acids is 2. The molecule has 0 saturated heterocycles. The van der Waals surface area contributed by atoms with Crippen molar-refractivity contribution in [1.29, 1.82) is 0 Å². The van der Waals surface area contributed by atoms with Crippen LogP contribution >= 0.6 is 0 Å². The zero-order valence-electron chi connectivity index (χ0n) is 17.0. The highest BCUT2D eigenvalue weighted by Gasteiger charge is 2.11. The highest BCUT2D eigenvalue weighted by atomic mass is 16.5. The fourth-order valence-corrected chi connectivity index (χ4v) is 3.15. The van der Waals surface area contributed by atoms with Gasteiger partial charge in [0.1, 0.15) is 6.10 Å². The summed E-state index contributed by atoms with van der Waals surface area (Å²) in [7, 11) is 0. The van der Waals surface area contributed by atoms with Crippen molar-refractivity contribution in [2.24, 2.45) is 0 Å². The Balaban J connectivity index is 3.69. The molecule has 148 valence electrons. The van der Waals surface area contributed by atoms with E-state index < -0.39 is 0 Å². The van der Waals surface area contributed by atoms with Crippen molar-refractivity contribution in [2.75, 3.05) is 0 Å². The molecule has 0 aromatic rings. The van der Waals surface area contributed by atoms with Gasteiger partial charge in [0.2, 0.25) is 0 Å². The molecule has 4 heteroatoms. The van der Waals surface area contributed by atoms with E-state index in [1.54, 1.807) is 0 Å². The van der Waals surface area contributed by atoms with Crippen molar-refractivity contribution in [1.82, 2.24) is 0 Å². The first-order valence-electron chi connectivity index (χ1n) is 10.3. The largest absolute Gasteiger partial charge is 0.463 e. The normalized spacial score (nSPS) is 13.3. The van der Waals surface area contributed by atoms with E-state index in [9.17, 15) is 9.59 Å². The van der Waals surface area contributed by atoms with Gasteiger partial charge in [-0.05, 0) is 45.4 Å². The van der Waals surface area contributed by atoms with Crippen LogP contribution in [-0.2, 0) is 19.1 Å². The van der Waals surface area contributed by atoms with Crippen LogP contribution in [0.5, 0.6) is 0 Å². The van der Waals surface area contributed by atoms with Gasteiger partial charge in [0.05, 0.1) is 6.10 Å². The van der Waals surface area contributed by atoms with E-state index in [2.05, 4.69) is 6.92 Å². The molecule has 0 amide bonds. The van der Waals surface area contributed by atoms with Gasteiger partial charge in [0.15, 0.2) is 0 Å². The maximum absolute atomic E-state index is 11.2. The maximum Gasteiger partial charge on any atom is 0.302 e. The molecule has 0 bridgehead atoms. The molecule has 0 spiro atoms. The Bertz CT molecular complexity index is 341. The molecule has 0 saturated carbocycles. The first-order valence-corrected chi connectivity index (χ1v) is 10.3. The van der Waals surface area contributed by atoms with Gasteiger partial charge in [0, 0.05) is 13.8 Å². The molecule has 0 fully saturated rings. The Morgan fingerprint density at radius 1 is 0.680 bits per heavy atom. The lowest BCUT2D eigenvalue weighted by atomic mass is 10.0. The summed E-state index contributed by atoms with van der Waals surface area (Å²) in [5.74, 6) is -0.350. The molecule has 25 heavy (non-hydrogen) atoms. The van der Waals surface area contributed by atoms with Gasteiger partial charge in [-0.3, -0.25) is 9.59 Å². The van der Waals surface area contributed by atoms with Crippen LogP contribution in [0, 0.1) is 0 Å². The number of hydrogen-bond acceptors (Lipinski definition) is 4. The Morgan fingerprint density at radius 2 is 1.12 bits per heavy atom. The van der Waals surface area contributed by atoms with Crippen LogP contribution in [0.1, 0.15) is 111 Å². The summed E-state index contributed by atoms with van der Waals surface area (Å²) < 4.78 is 10.6. The SMILES string of the molecule is CCCCCCCC(CCCCCCCC(C)OC(C)=O)OC(C)=O. The number of unbranched alkanes of at least 4 members (excludes halogenated alkanes) is 8. The van der Waals surface area contributed by atoms with Crippen LogP contribution in [0.2, 0.25) is 0 Å². The highest BCUT2D eigenvalue weighted by Crippen LogP contribution is 2.17. The number of carbonyl (C=O) groups is 2. The minimum absolute atomic E-state index is 0.0264. The monoisotopic (exact) mass is 356 g/mol. The van der Waals surface area contributed by atoms with Gasteiger partial charge in [-0.15, -0.1) is 0 Å². The fourth-order valence-electron chi connectivity index (χ4n) is 3.15. The third kappa shape index (κ3) is 17.6. The lowest BCUT2D eigenvalue weighted by Crippen LogP contribution is -2.16. The molecule has 0 rings (SSSR count). The predicted octanol–water partition coefficient (Wildman–Crippen LogP) is 5.96. The summed E-state index contributed by atoms with van der Waals surface area (Å²) in [4.78, 5) is 22.1. The van der Waals surface area contributed by atoms with Gasteiger partial charge < -0.3 is 9.47 Å². The number of esters is 2. The lowest BCUT2D eigenvalue weighted by Gasteiger charge is -2.17. The number of hydrogen-bond donors (Lipinski definition) is 0. The second kappa shape index (κ2) is 16.4. The summed E-state index contributed by atoms with van der Waals surface area (Å²) in [6.07, 6.45) is 15.0. The Morgan fingerprint density at radius 3 is 1.60 bits per heavy atom. The number of rotatable bonds is 16. The standard InChI is InChI=1S/C21H40O4/c1-5-6-7-9-13-16-21(25-20(4)23)17-14-11-8-10-12-15-18(2)24-19(3)22/h18,21H,5-17H2,1-4H3. The minimum atomic E-state index is -0.196. The predicted molar refractivity (Wildman–Crippen MR) is 102 cm³/mol.